The normalized spacial score (nSPS) is 19.0. The maximum Gasteiger partial charge on any atom is 0.253 e. The summed E-state index contributed by atoms with van der Waals surface area (Å²) in [6.45, 7) is 1.89. The van der Waals surface area contributed by atoms with Gasteiger partial charge in [0.15, 0.2) is 0 Å². The van der Waals surface area contributed by atoms with Crippen molar-refractivity contribution < 1.29 is 13.2 Å². The van der Waals surface area contributed by atoms with Gasteiger partial charge in [-0.15, -0.1) is 0 Å². The lowest BCUT2D eigenvalue weighted by atomic mass is 10.1. The second-order valence-electron chi connectivity index (χ2n) is 4.99. The third-order valence-corrected chi connectivity index (χ3v) is 5.06. The van der Waals surface area contributed by atoms with E-state index < -0.39 is 9.84 Å². The minimum absolute atomic E-state index is 0.0871. The van der Waals surface area contributed by atoms with E-state index in [2.05, 4.69) is 5.32 Å². The number of aryl methyl sites for hydroxylation is 1. The molecule has 0 unspecified atom stereocenters. The first-order valence-electron chi connectivity index (χ1n) is 6.25. The molecule has 1 saturated heterocycles. The fourth-order valence-corrected chi connectivity index (χ4v) is 3.66. The van der Waals surface area contributed by atoms with Crippen molar-refractivity contribution in [2.24, 2.45) is 0 Å². The number of nitrogen functional groups attached to an aromatic ring is 1. The number of anilines is 1. The van der Waals surface area contributed by atoms with Gasteiger partial charge in [-0.3, -0.25) is 4.79 Å². The van der Waals surface area contributed by atoms with Gasteiger partial charge < -0.3 is 11.1 Å². The van der Waals surface area contributed by atoms with Gasteiger partial charge in [0.2, 0.25) is 0 Å². The van der Waals surface area contributed by atoms with Crippen LogP contribution in [0, 0.1) is 6.92 Å². The summed E-state index contributed by atoms with van der Waals surface area (Å²) in [5.74, 6) is 0.0492. The van der Waals surface area contributed by atoms with Crippen LogP contribution in [-0.2, 0) is 9.84 Å². The Labute approximate surface area is 113 Å². The zero-order valence-electron chi connectivity index (χ0n) is 10.8. The monoisotopic (exact) mass is 282 g/mol. The maximum absolute atomic E-state index is 12.1. The molecule has 1 fully saturated rings. The lowest BCUT2D eigenvalue weighted by molar-refractivity contribution is 0.0935. The van der Waals surface area contributed by atoms with Crippen molar-refractivity contribution in [1.29, 1.82) is 0 Å². The highest BCUT2D eigenvalue weighted by Crippen LogP contribution is 2.16. The van der Waals surface area contributed by atoms with Crippen molar-refractivity contribution >= 4 is 21.4 Å². The summed E-state index contributed by atoms with van der Waals surface area (Å²) in [5, 5.41) is 2.86. The number of nitrogens with one attached hydrogen (secondary N) is 1. The van der Waals surface area contributed by atoms with Gasteiger partial charge in [-0.1, -0.05) is 11.6 Å². The largest absolute Gasteiger partial charge is 0.398 e. The van der Waals surface area contributed by atoms with Crippen LogP contribution < -0.4 is 11.1 Å². The Balaban J connectivity index is 2.04. The molecule has 104 valence electrons. The van der Waals surface area contributed by atoms with Gasteiger partial charge in [0.25, 0.3) is 5.91 Å². The van der Waals surface area contributed by atoms with Crippen LogP contribution in [0.3, 0.4) is 0 Å². The molecule has 0 radical (unpaired) electrons. The summed E-state index contributed by atoms with van der Waals surface area (Å²) in [7, 11) is -2.91. The van der Waals surface area contributed by atoms with E-state index in [0.717, 1.165) is 5.56 Å². The highest BCUT2D eigenvalue weighted by Gasteiger charge is 2.25. The highest BCUT2D eigenvalue weighted by atomic mass is 32.2. The molecule has 3 N–H and O–H groups in total. The Morgan fingerprint density at radius 3 is 2.58 bits per heavy atom. The molecule has 0 saturated carbocycles. The summed E-state index contributed by atoms with van der Waals surface area (Å²) in [4.78, 5) is 12.1. The fraction of sp³-hybridized carbons (Fsp3) is 0.462. The molecule has 1 aromatic carbocycles. The predicted octanol–water partition coefficient (Wildman–Crippen LogP) is 0.884. The summed E-state index contributed by atoms with van der Waals surface area (Å²) in [5.41, 5.74) is 7.63. The first-order chi connectivity index (χ1) is 8.87. The molecule has 19 heavy (non-hydrogen) atoms. The van der Waals surface area contributed by atoms with Gasteiger partial charge in [0.05, 0.1) is 17.1 Å². The SMILES string of the molecule is Cc1ccc(N)c(C(=O)NC2CCS(=O)(=O)CC2)c1. The molecular formula is C13H18N2O3S. The Kier molecular flexibility index (Phi) is 3.80. The van der Waals surface area contributed by atoms with E-state index in [1.54, 1.807) is 12.1 Å². The quantitative estimate of drug-likeness (QED) is 0.788. The fourth-order valence-electron chi connectivity index (χ4n) is 2.16. The van der Waals surface area contributed by atoms with Crippen molar-refractivity contribution in [3.05, 3.63) is 29.3 Å². The number of hydrogen-bond acceptors (Lipinski definition) is 4. The molecule has 1 aliphatic rings. The van der Waals surface area contributed by atoms with Crippen LogP contribution in [0.4, 0.5) is 5.69 Å². The molecule has 1 heterocycles. The van der Waals surface area contributed by atoms with Gasteiger partial charge in [0, 0.05) is 11.7 Å². The molecule has 5 nitrogen and oxygen atoms in total. The van der Waals surface area contributed by atoms with Gasteiger partial charge in [-0.2, -0.15) is 0 Å². The minimum atomic E-state index is -2.91. The van der Waals surface area contributed by atoms with E-state index in [1.165, 1.54) is 0 Å². The van der Waals surface area contributed by atoms with Crippen LogP contribution >= 0.6 is 0 Å². The molecule has 6 heteroatoms. The van der Waals surface area contributed by atoms with Gasteiger partial charge in [-0.05, 0) is 31.9 Å². The van der Waals surface area contributed by atoms with Crippen LogP contribution in [0.25, 0.3) is 0 Å². The van der Waals surface area contributed by atoms with E-state index in [1.807, 2.05) is 13.0 Å². The zero-order valence-corrected chi connectivity index (χ0v) is 11.7. The van der Waals surface area contributed by atoms with E-state index in [9.17, 15) is 13.2 Å². The van der Waals surface area contributed by atoms with Gasteiger partial charge >= 0.3 is 0 Å². The molecular weight excluding hydrogens is 264 g/mol. The number of rotatable bonds is 2. The van der Waals surface area contributed by atoms with Crippen molar-refractivity contribution in [3.63, 3.8) is 0 Å². The molecule has 1 aromatic rings. The molecule has 0 aromatic heterocycles. The zero-order chi connectivity index (χ0) is 14.0. The number of nitrogens with two attached hydrogens (primary N) is 1. The van der Waals surface area contributed by atoms with E-state index in [0.29, 0.717) is 24.1 Å². The van der Waals surface area contributed by atoms with Crippen molar-refractivity contribution in [2.45, 2.75) is 25.8 Å². The lowest BCUT2D eigenvalue weighted by Gasteiger charge is -2.23. The standard InChI is InChI=1S/C13H18N2O3S/c1-9-2-3-12(14)11(8-9)13(16)15-10-4-6-19(17,18)7-5-10/h2-3,8,10H,4-7,14H2,1H3,(H,15,16). The van der Waals surface area contributed by atoms with Crippen molar-refractivity contribution in [1.82, 2.24) is 5.32 Å². The topological polar surface area (TPSA) is 89.3 Å². The van der Waals surface area contributed by atoms with E-state index in [4.69, 9.17) is 5.73 Å². The molecule has 1 amide bonds. The van der Waals surface area contributed by atoms with Crippen molar-refractivity contribution in [3.8, 4) is 0 Å². The number of hydrogen-bond donors (Lipinski definition) is 2. The second-order valence-corrected chi connectivity index (χ2v) is 7.29. The Hall–Kier alpha value is -1.56. The van der Waals surface area contributed by atoms with Crippen LogP contribution in [0.1, 0.15) is 28.8 Å². The molecule has 1 aliphatic heterocycles. The summed E-state index contributed by atoms with van der Waals surface area (Å²) in [6, 6.07) is 5.20. The molecule has 0 aliphatic carbocycles. The summed E-state index contributed by atoms with van der Waals surface area (Å²) < 4.78 is 22.6. The predicted molar refractivity (Wildman–Crippen MR) is 74.7 cm³/mol. The summed E-state index contributed by atoms with van der Waals surface area (Å²) >= 11 is 0. The number of amides is 1. The Morgan fingerprint density at radius 2 is 1.95 bits per heavy atom. The minimum Gasteiger partial charge on any atom is -0.398 e. The number of sulfone groups is 1. The lowest BCUT2D eigenvalue weighted by Crippen LogP contribution is -2.41. The summed E-state index contributed by atoms with van der Waals surface area (Å²) in [6.07, 6.45) is 0.944. The molecule has 0 spiro atoms. The smallest absolute Gasteiger partial charge is 0.253 e. The van der Waals surface area contributed by atoms with Crippen LogP contribution in [0.2, 0.25) is 0 Å². The van der Waals surface area contributed by atoms with Crippen LogP contribution in [-0.4, -0.2) is 31.9 Å². The first kappa shape index (κ1) is 13.9. The van der Waals surface area contributed by atoms with Crippen LogP contribution in [0.5, 0.6) is 0 Å². The maximum atomic E-state index is 12.1. The molecule has 0 bridgehead atoms. The third-order valence-electron chi connectivity index (χ3n) is 3.34. The first-order valence-corrected chi connectivity index (χ1v) is 8.07. The van der Waals surface area contributed by atoms with Gasteiger partial charge in [0.1, 0.15) is 9.84 Å². The van der Waals surface area contributed by atoms with Crippen LogP contribution in [0.15, 0.2) is 18.2 Å². The van der Waals surface area contributed by atoms with E-state index >= 15 is 0 Å². The number of carbonyl (C=O) groups excluding carboxylic acids is 1. The highest BCUT2D eigenvalue weighted by molar-refractivity contribution is 7.91. The average Bonchev–Trinajstić information content (AvgIpc) is 2.35. The van der Waals surface area contributed by atoms with Gasteiger partial charge in [-0.25, -0.2) is 8.42 Å². The number of benzene rings is 1. The second kappa shape index (κ2) is 5.21. The van der Waals surface area contributed by atoms with Crippen molar-refractivity contribution in [2.75, 3.05) is 17.2 Å². The Bertz CT molecular complexity index is 582. The Morgan fingerprint density at radius 1 is 1.32 bits per heavy atom. The number of carbonyl (C=O) groups is 1. The van der Waals surface area contributed by atoms with E-state index in [-0.39, 0.29) is 23.5 Å². The molecule has 0 atom stereocenters. The molecule has 2 rings (SSSR count). The third kappa shape index (κ3) is 3.47. The average molecular weight is 282 g/mol.